The number of pyridine rings is 2. The molecule has 0 spiro atoms. The number of likely N-dealkylation sites (N-methyl/N-ethyl adjacent to an activating group) is 1. The van der Waals surface area contributed by atoms with Gasteiger partial charge in [0.15, 0.2) is 5.82 Å². The van der Waals surface area contributed by atoms with Crippen molar-refractivity contribution in [2.24, 2.45) is 11.7 Å². The Kier molecular flexibility index (Phi) is 36.8. The van der Waals surface area contributed by atoms with Crippen molar-refractivity contribution in [2.75, 3.05) is 75.9 Å². The molecule has 2 aromatic carbocycles. The highest BCUT2D eigenvalue weighted by Gasteiger charge is 2.40. The molecule has 2 saturated heterocycles. The number of likely N-dealkylation sites (tertiary alicyclic amines) is 2. The van der Waals surface area contributed by atoms with E-state index in [0.717, 1.165) is 29.8 Å². The summed E-state index contributed by atoms with van der Waals surface area (Å²) in [5, 5.41) is 46.7. The van der Waals surface area contributed by atoms with Crippen molar-refractivity contribution in [3.8, 4) is 11.4 Å². The number of carbonyl (C=O) groups is 11. The van der Waals surface area contributed by atoms with Crippen molar-refractivity contribution >= 4 is 94.3 Å². The summed E-state index contributed by atoms with van der Waals surface area (Å²) in [5.41, 5.74) is 8.67. The first-order valence-electron chi connectivity index (χ1n) is 39.9. The van der Waals surface area contributed by atoms with Gasteiger partial charge in [0.1, 0.15) is 60.2 Å². The molecule has 1 unspecified atom stereocenters. The number of amides is 11. The molecule has 0 bridgehead atoms. The molecule has 0 radical (unpaired) electrons. The average molecular weight is 1610 g/mol. The van der Waals surface area contributed by atoms with Crippen LogP contribution in [0.1, 0.15) is 161 Å². The maximum Gasteiger partial charge on any atom is 0.245 e. The number of primary amides is 1. The zero-order valence-corrected chi connectivity index (χ0v) is 68.7. The number of aliphatic hydroxyl groups is 1. The lowest BCUT2D eigenvalue weighted by atomic mass is 9.99. The van der Waals surface area contributed by atoms with Gasteiger partial charge in [0, 0.05) is 100 Å². The molecule has 115 heavy (non-hydrogen) atoms. The van der Waals surface area contributed by atoms with Gasteiger partial charge < -0.3 is 84.4 Å². The fourth-order valence-corrected chi connectivity index (χ4v) is 13.6. The number of nitrogens with one attached hydrogen (secondary N) is 12. The molecule has 3 aromatic heterocycles. The molecule has 0 aliphatic carbocycles. The SMILES string of the molecule is CCNc1nc(NC(C)C)nc(-c2ccc(C[C@H](NC(=O)[C@H](CO)NC(=O)[C@H](Cc3cccnc3)NC(=O)[C@H](Cc3ccc(Cl)cc3)NC(=O)CN(C)C(C)=O)C(=O)N[C@@H](CCCCNc3ccc(C4CCCN4C)cn3)C(=O)N[C@@H](CC(C)C)C(=O)N[C@@H](CCCCNC(C)C)C(=O)N3CCC[C@H]3C(=O)N[C@@H](C)C(N)=O)cc2)n1. The van der Waals surface area contributed by atoms with Gasteiger partial charge in [-0.2, -0.15) is 15.0 Å². The fourth-order valence-electron chi connectivity index (χ4n) is 13.4. The van der Waals surface area contributed by atoms with E-state index in [-0.39, 0.29) is 69.1 Å². The Morgan fingerprint density at radius 3 is 1.74 bits per heavy atom. The number of aromatic nitrogens is 5. The number of aliphatic hydroxyl groups excluding tert-OH is 1. The number of nitrogens with zero attached hydrogens (tertiary/aromatic N) is 8. The average Bonchev–Trinajstić information content (AvgIpc) is 1.81. The van der Waals surface area contributed by atoms with Crippen LogP contribution >= 0.6 is 11.6 Å². The van der Waals surface area contributed by atoms with Crippen LogP contribution in [0.3, 0.4) is 0 Å². The van der Waals surface area contributed by atoms with Gasteiger partial charge in [-0.25, -0.2) is 4.98 Å². The van der Waals surface area contributed by atoms with Gasteiger partial charge in [-0.05, 0) is 171 Å². The Morgan fingerprint density at radius 1 is 0.600 bits per heavy atom. The number of halogens is 1. The fraction of sp³-hybridized carbons (Fsp3) is 0.556. The molecular formula is C81H118ClN21O12. The van der Waals surface area contributed by atoms with Crippen LogP contribution in [-0.2, 0) is 72.0 Å². The summed E-state index contributed by atoms with van der Waals surface area (Å²) in [6.07, 6.45) is 9.22. The predicted octanol–water partition coefficient (Wildman–Crippen LogP) is 3.37. The molecule has 33 nitrogen and oxygen atoms in total. The van der Waals surface area contributed by atoms with E-state index in [1.165, 1.54) is 38.2 Å². The highest BCUT2D eigenvalue weighted by atomic mass is 35.5. The van der Waals surface area contributed by atoms with E-state index in [2.05, 4.69) is 101 Å². The topological polar surface area (TPSA) is 453 Å². The summed E-state index contributed by atoms with van der Waals surface area (Å²) in [5.74, 6) is -6.83. The molecule has 626 valence electrons. The molecule has 0 saturated carbocycles. The van der Waals surface area contributed by atoms with E-state index in [9.17, 15) is 38.7 Å². The number of nitrogens with two attached hydrogens (primary N) is 1. The van der Waals surface area contributed by atoms with Crippen LogP contribution in [0.4, 0.5) is 17.7 Å². The molecule has 15 N–H and O–H groups in total. The second-order valence-corrected chi connectivity index (χ2v) is 31.0. The van der Waals surface area contributed by atoms with Gasteiger partial charge in [-0.15, -0.1) is 0 Å². The monoisotopic (exact) mass is 1610 g/mol. The first-order valence-corrected chi connectivity index (χ1v) is 40.2. The summed E-state index contributed by atoms with van der Waals surface area (Å²) in [6, 6.07) is 8.92. The Labute approximate surface area is 678 Å². The Bertz CT molecular complexity index is 4030. The number of hydrogen-bond donors (Lipinski definition) is 14. The van der Waals surface area contributed by atoms with Crippen molar-refractivity contribution in [1.29, 1.82) is 0 Å². The standard InChI is InChI=1S/C81H118ClN21O12/c1-12-85-80-98-71(99-81(100-80)89-50(6)7)56-29-25-53(26-30-56)42-63(96-77(113)65(47-104)97-76(112)64(43-55-20-17-35-84-44-55)95-74(110)62(41-54-27-32-58(82)33-28-54)91-69(106)46-102(11)52(9)105)75(111)92-59(21-13-16-37-87-68-34-31-57(45-88-68)66-23-18-38-101(66)10)72(108)94-61(40-48(2)3)73(109)93-60(22-14-15-36-86-49(4)5)79(115)103-39-19-24-67(103)78(114)90-51(8)70(83)107/h17,20,25-35,44-45,48-51,59-67,86,104H,12-16,18-19,21-24,36-43,46-47H2,1-11H3,(H2,83,107)(H,87,88)(H,90,114)(H,91,106)(H,92,111)(H,93,109)(H,94,108)(H,95,110)(H,96,113)(H,97,112)(H2,85,89,98,99,100)/t51-,59-,60-,61-,62-,63-,64-,65-,66?,67-/m0/s1. The third-order valence-electron chi connectivity index (χ3n) is 19.8. The minimum atomic E-state index is -1.81. The number of hydrogen-bond acceptors (Lipinski definition) is 22. The summed E-state index contributed by atoms with van der Waals surface area (Å²) in [4.78, 5) is 184. The number of benzene rings is 2. The quantitative estimate of drug-likeness (QED) is 0.0248. The summed E-state index contributed by atoms with van der Waals surface area (Å²) >= 11 is 6.20. The number of anilines is 3. The number of rotatable bonds is 46. The Balaban J connectivity index is 1.22. The van der Waals surface area contributed by atoms with Crippen LogP contribution in [0.25, 0.3) is 11.4 Å². The lowest BCUT2D eigenvalue weighted by Crippen LogP contribution is -2.61. The van der Waals surface area contributed by atoms with Gasteiger partial charge in [-0.3, -0.25) is 62.6 Å². The van der Waals surface area contributed by atoms with E-state index < -0.39 is 133 Å². The lowest BCUT2D eigenvalue weighted by molar-refractivity contribution is -0.142. The van der Waals surface area contributed by atoms with Crippen molar-refractivity contribution in [3.05, 3.63) is 119 Å². The van der Waals surface area contributed by atoms with E-state index in [1.807, 2.05) is 66.8 Å². The van der Waals surface area contributed by atoms with Gasteiger partial charge in [0.2, 0.25) is 76.9 Å². The van der Waals surface area contributed by atoms with Gasteiger partial charge in [0.25, 0.3) is 0 Å². The molecule has 2 aliphatic rings. The third-order valence-corrected chi connectivity index (χ3v) is 20.1. The van der Waals surface area contributed by atoms with E-state index in [0.29, 0.717) is 109 Å². The second kappa shape index (κ2) is 46.1. The maximum atomic E-state index is 15.6. The van der Waals surface area contributed by atoms with Crippen molar-refractivity contribution < 1.29 is 57.8 Å². The number of unbranched alkanes of at least 4 members (excludes halogenated alkanes) is 2. The van der Waals surface area contributed by atoms with Crippen LogP contribution in [0.15, 0.2) is 91.4 Å². The lowest BCUT2D eigenvalue weighted by Gasteiger charge is -2.31. The molecule has 7 rings (SSSR count). The predicted molar refractivity (Wildman–Crippen MR) is 438 cm³/mol. The van der Waals surface area contributed by atoms with Crippen molar-refractivity contribution in [1.82, 2.24) is 87.5 Å². The van der Waals surface area contributed by atoms with E-state index in [1.54, 1.807) is 60.7 Å². The molecule has 5 heterocycles. The van der Waals surface area contributed by atoms with E-state index in [4.69, 9.17) is 17.3 Å². The first-order chi connectivity index (χ1) is 54.9. The van der Waals surface area contributed by atoms with Gasteiger partial charge in [-0.1, -0.05) is 87.8 Å². The van der Waals surface area contributed by atoms with Crippen LogP contribution in [-0.4, -0.2) is 236 Å². The summed E-state index contributed by atoms with van der Waals surface area (Å²) < 4.78 is 0. The normalized spacial score (nSPS) is 16.2. The second-order valence-electron chi connectivity index (χ2n) is 30.6. The van der Waals surface area contributed by atoms with Gasteiger partial charge in [0.05, 0.1) is 13.2 Å². The summed E-state index contributed by atoms with van der Waals surface area (Å²) in [6.45, 7) is 17.5. The van der Waals surface area contributed by atoms with Crippen LogP contribution < -0.4 is 69.5 Å². The number of carbonyl (C=O) groups excluding carboxylic acids is 11. The first kappa shape index (κ1) is 91.7. The summed E-state index contributed by atoms with van der Waals surface area (Å²) in [7, 11) is 3.51. The Hall–Kier alpha value is -10.5. The highest BCUT2D eigenvalue weighted by Crippen LogP contribution is 2.31. The highest BCUT2D eigenvalue weighted by molar-refractivity contribution is 6.30. The zero-order valence-electron chi connectivity index (χ0n) is 68.0. The van der Waals surface area contributed by atoms with Crippen LogP contribution in [0, 0.1) is 5.92 Å². The largest absolute Gasteiger partial charge is 0.394 e. The smallest absolute Gasteiger partial charge is 0.245 e. The molecular weight excluding hydrogens is 1490 g/mol. The van der Waals surface area contributed by atoms with Crippen molar-refractivity contribution in [3.63, 3.8) is 0 Å². The molecule has 34 heteroatoms. The Morgan fingerprint density at radius 2 is 1.17 bits per heavy atom. The molecule has 10 atom stereocenters. The van der Waals surface area contributed by atoms with Crippen LogP contribution in [0.2, 0.25) is 5.02 Å². The zero-order chi connectivity index (χ0) is 83.8. The van der Waals surface area contributed by atoms with Crippen molar-refractivity contribution in [2.45, 2.75) is 225 Å². The molecule has 2 fully saturated rings. The van der Waals surface area contributed by atoms with Gasteiger partial charge >= 0.3 is 0 Å². The minimum Gasteiger partial charge on any atom is -0.394 e. The molecule has 5 aromatic rings. The minimum absolute atomic E-state index is 0.0170. The maximum absolute atomic E-state index is 15.6. The van der Waals surface area contributed by atoms with Crippen LogP contribution in [0.5, 0.6) is 0 Å². The third kappa shape index (κ3) is 30.0. The molecule has 2 aliphatic heterocycles. The molecule has 11 amide bonds. The van der Waals surface area contributed by atoms with E-state index >= 15 is 19.2 Å².